The smallest absolute Gasteiger partial charge is 0.197 e. The Balaban J connectivity index is 1.65. The first-order chi connectivity index (χ1) is 14.6. The van der Waals surface area contributed by atoms with Crippen molar-refractivity contribution in [2.24, 2.45) is 0 Å². The first kappa shape index (κ1) is 19.9. The highest BCUT2D eigenvalue weighted by molar-refractivity contribution is 6.13. The summed E-state index contributed by atoms with van der Waals surface area (Å²) in [6, 6.07) is 20.0. The Kier molecular flexibility index (Phi) is 5.63. The fraction of sp³-hybridized carbons (Fsp3) is 0.200. The van der Waals surface area contributed by atoms with Crippen LogP contribution in [0.4, 0.5) is 5.69 Å². The van der Waals surface area contributed by atoms with Crippen LogP contribution in [0.5, 0.6) is 5.75 Å². The van der Waals surface area contributed by atoms with Crippen LogP contribution >= 0.6 is 0 Å². The lowest BCUT2D eigenvalue weighted by Gasteiger charge is -2.19. The van der Waals surface area contributed by atoms with Gasteiger partial charge in [0.25, 0.3) is 0 Å². The van der Waals surface area contributed by atoms with Gasteiger partial charge in [-0.15, -0.1) is 0 Å². The van der Waals surface area contributed by atoms with Gasteiger partial charge >= 0.3 is 0 Å². The van der Waals surface area contributed by atoms with Gasteiger partial charge in [-0.05, 0) is 30.5 Å². The number of phenols is 1. The van der Waals surface area contributed by atoms with Crippen LogP contribution in [-0.2, 0) is 0 Å². The van der Waals surface area contributed by atoms with E-state index in [-0.39, 0.29) is 22.4 Å². The highest BCUT2D eigenvalue weighted by Crippen LogP contribution is 2.31. The molecule has 1 unspecified atom stereocenters. The molecule has 0 spiro atoms. The molecular weight excluding hydrogens is 378 g/mol. The van der Waals surface area contributed by atoms with Gasteiger partial charge in [0, 0.05) is 36.0 Å². The van der Waals surface area contributed by atoms with Crippen molar-refractivity contribution < 1.29 is 19.8 Å². The summed E-state index contributed by atoms with van der Waals surface area (Å²) in [6.07, 6.45) is 0.753. The van der Waals surface area contributed by atoms with Gasteiger partial charge in [0.2, 0.25) is 0 Å². The second-order valence-electron chi connectivity index (χ2n) is 7.44. The van der Waals surface area contributed by atoms with Crippen LogP contribution < -0.4 is 4.90 Å². The molecule has 0 bridgehead atoms. The van der Waals surface area contributed by atoms with Crippen molar-refractivity contribution >= 4 is 17.3 Å². The predicted molar refractivity (Wildman–Crippen MR) is 115 cm³/mol. The first-order valence-corrected chi connectivity index (χ1v) is 10.0. The molecule has 2 N–H and O–H groups in total. The minimum atomic E-state index is -1.47. The molecule has 0 saturated carbocycles. The van der Waals surface area contributed by atoms with E-state index in [1.165, 1.54) is 0 Å². The van der Waals surface area contributed by atoms with Crippen LogP contribution in [-0.4, -0.2) is 34.9 Å². The Morgan fingerprint density at radius 3 is 2.20 bits per heavy atom. The maximum absolute atomic E-state index is 13.2. The fourth-order valence-corrected chi connectivity index (χ4v) is 3.87. The molecule has 3 aromatic rings. The quantitative estimate of drug-likeness (QED) is 0.607. The van der Waals surface area contributed by atoms with Crippen molar-refractivity contribution in [2.45, 2.75) is 18.9 Å². The number of carbonyl (C=O) groups is 2. The van der Waals surface area contributed by atoms with E-state index in [4.69, 9.17) is 0 Å². The number of rotatable bonds is 6. The Morgan fingerprint density at radius 1 is 0.833 bits per heavy atom. The van der Waals surface area contributed by atoms with Gasteiger partial charge in [0.05, 0.1) is 5.56 Å². The van der Waals surface area contributed by atoms with Gasteiger partial charge < -0.3 is 15.1 Å². The minimum Gasteiger partial charge on any atom is -0.507 e. The molecule has 1 aliphatic heterocycles. The molecule has 0 aromatic heterocycles. The minimum absolute atomic E-state index is 0.108. The zero-order valence-corrected chi connectivity index (χ0v) is 16.5. The number of Topliss-reactive ketones (excluding diaryl/α,β-unsaturated/α-hetero) is 1. The zero-order valence-electron chi connectivity index (χ0n) is 16.5. The van der Waals surface area contributed by atoms with Crippen LogP contribution in [0, 0.1) is 0 Å². The topological polar surface area (TPSA) is 77.8 Å². The van der Waals surface area contributed by atoms with Crippen LogP contribution in [0.2, 0.25) is 0 Å². The Labute approximate surface area is 175 Å². The lowest BCUT2D eigenvalue weighted by Crippen LogP contribution is -2.18. The molecule has 5 nitrogen and oxygen atoms in total. The SMILES string of the molecule is O=C(c1ccc(N2CCCC2)cc1O)c1ccccc1C(O)C(=O)c1ccccc1. The van der Waals surface area contributed by atoms with Gasteiger partial charge in [-0.2, -0.15) is 0 Å². The van der Waals surface area contributed by atoms with Crippen LogP contribution in [0.25, 0.3) is 0 Å². The van der Waals surface area contributed by atoms with E-state index in [1.54, 1.807) is 66.7 Å². The lowest BCUT2D eigenvalue weighted by atomic mass is 9.91. The molecule has 30 heavy (non-hydrogen) atoms. The Hall–Kier alpha value is -3.44. The average molecular weight is 401 g/mol. The number of aromatic hydroxyl groups is 1. The first-order valence-electron chi connectivity index (χ1n) is 10.0. The van der Waals surface area contributed by atoms with Crippen molar-refractivity contribution in [3.05, 3.63) is 95.1 Å². The number of carbonyl (C=O) groups excluding carboxylic acids is 2. The number of ketones is 2. The normalized spacial score (nSPS) is 14.5. The third-order valence-corrected chi connectivity index (χ3v) is 5.50. The van der Waals surface area contributed by atoms with E-state index in [1.807, 2.05) is 6.07 Å². The molecule has 1 atom stereocenters. The summed E-state index contributed by atoms with van der Waals surface area (Å²) in [6.45, 7) is 1.87. The average Bonchev–Trinajstić information content (AvgIpc) is 3.33. The highest BCUT2D eigenvalue weighted by atomic mass is 16.3. The molecule has 5 heteroatoms. The molecule has 1 heterocycles. The number of aliphatic hydroxyl groups excluding tert-OH is 1. The van der Waals surface area contributed by atoms with E-state index in [0.29, 0.717) is 5.56 Å². The Morgan fingerprint density at radius 2 is 1.50 bits per heavy atom. The second-order valence-corrected chi connectivity index (χ2v) is 7.44. The van der Waals surface area contributed by atoms with E-state index in [2.05, 4.69) is 4.90 Å². The lowest BCUT2D eigenvalue weighted by molar-refractivity contribution is 0.0745. The summed E-state index contributed by atoms with van der Waals surface area (Å²) in [7, 11) is 0. The van der Waals surface area contributed by atoms with Gasteiger partial charge in [-0.3, -0.25) is 9.59 Å². The molecule has 152 valence electrons. The largest absolute Gasteiger partial charge is 0.507 e. The van der Waals surface area contributed by atoms with Gasteiger partial charge in [-0.1, -0.05) is 54.6 Å². The highest BCUT2D eigenvalue weighted by Gasteiger charge is 2.26. The van der Waals surface area contributed by atoms with E-state index < -0.39 is 17.7 Å². The molecule has 1 aliphatic rings. The maximum atomic E-state index is 13.2. The molecule has 3 aromatic carbocycles. The number of benzene rings is 3. The van der Waals surface area contributed by atoms with Crippen LogP contribution in [0.1, 0.15) is 50.8 Å². The maximum Gasteiger partial charge on any atom is 0.197 e. The van der Waals surface area contributed by atoms with E-state index >= 15 is 0 Å². The van der Waals surface area contributed by atoms with Crippen LogP contribution in [0.15, 0.2) is 72.8 Å². The Bertz CT molecular complexity index is 1070. The van der Waals surface area contributed by atoms with Crippen molar-refractivity contribution in [1.29, 1.82) is 0 Å². The third kappa shape index (κ3) is 3.84. The monoisotopic (exact) mass is 401 g/mol. The molecule has 0 amide bonds. The molecule has 4 rings (SSSR count). The summed E-state index contributed by atoms with van der Waals surface area (Å²) >= 11 is 0. The number of hydrogen-bond acceptors (Lipinski definition) is 5. The van der Waals surface area contributed by atoms with Crippen molar-refractivity contribution in [2.75, 3.05) is 18.0 Å². The van der Waals surface area contributed by atoms with Crippen molar-refractivity contribution in [1.82, 2.24) is 0 Å². The van der Waals surface area contributed by atoms with E-state index in [9.17, 15) is 19.8 Å². The zero-order chi connectivity index (χ0) is 21.1. The molecular formula is C25H23NO4. The molecule has 1 saturated heterocycles. The standard InChI is InChI=1S/C25H23NO4/c27-22-16-18(26-14-6-7-15-26)12-13-21(22)24(29)19-10-4-5-11-20(19)25(30)23(28)17-8-2-1-3-9-17/h1-5,8-13,16,25,27,30H,6-7,14-15H2. The molecule has 0 radical (unpaired) electrons. The number of phenolic OH excluding ortho intramolecular Hbond substituents is 1. The van der Waals surface area contributed by atoms with Gasteiger partial charge in [-0.25, -0.2) is 0 Å². The summed E-state index contributed by atoms with van der Waals surface area (Å²) < 4.78 is 0. The summed E-state index contributed by atoms with van der Waals surface area (Å²) in [4.78, 5) is 28.1. The van der Waals surface area contributed by atoms with Crippen molar-refractivity contribution in [3.63, 3.8) is 0 Å². The third-order valence-electron chi connectivity index (χ3n) is 5.50. The number of aliphatic hydroxyl groups is 1. The number of nitrogens with zero attached hydrogens (tertiary/aromatic N) is 1. The van der Waals surface area contributed by atoms with Gasteiger partial charge in [0.15, 0.2) is 11.6 Å². The van der Waals surface area contributed by atoms with Crippen LogP contribution in [0.3, 0.4) is 0 Å². The van der Waals surface area contributed by atoms with Gasteiger partial charge in [0.1, 0.15) is 11.9 Å². The summed E-state index contributed by atoms with van der Waals surface area (Å²) in [5.74, 6) is -1.02. The number of anilines is 1. The molecule has 1 fully saturated rings. The number of hydrogen-bond donors (Lipinski definition) is 2. The summed E-state index contributed by atoms with van der Waals surface area (Å²) in [5, 5.41) is 21.2. The van der Waals surface area contributed by atoms with E-state index in [0.717, 1.165) is 31.6 Å². The van der Waals surface area contributed by atoms with Crippen molar-refractivity contribution in [3.8, 4) is 5.75 Å². The second kappa shape index (κ2) is 8.51. The fourth-order valence-electron chi connectivity index (χ4n) is 3.87. The molecule has 0 aliphatic carbocycles. The summed E-state index contributed by atoms with van der Waals surface area (Å²) in [5.41, 5.74) is 1.81. The predicted octanol–water partition coefficient (Wildman–Crippen LogP) is 4.14.